The van der Waals surface area contributed by atoms with Crippen LogP contribution in [-0.4, -0.2) is 19.2 Å². The number of nitrogen functional groups attached to an aromatic ring is 1. The molecule has 0 spiro atoms. The summed E-state index contributed by atoms with van der Waals surface area (Å²) in [6.45, 7) is 2.10. The van der Waals surface area contributed by atoms with E-state index in [0.29, 0.717) is 13.0 Å². The van der Waals surface area contributed by atoms with Crippen LogP contribution >= 0.6 is 12.4 Å². The highest BCUT2D eigenvalue weighted by Gasteiger charge is 2.31. The van der Waals surface area contributed by atoms with Gasteiger partial charge in [-0.2, -0.15) is 13.2 Å². The third kappa shape index (κ3) is 7.08. The molecule has 0 saturated carbocycles. The van der Waals surface area contributed by atoms with Gasteiger partial charge in [-0.1, -0.05) is 0 Å². The predicted molar refractivity (Wildman–Crippen MR) is 74.5 cm³/mol. The van der Waals surface area contributed by atoms with Gasteiger partial charge < -0.3 is 15.2 Å². The number of carbonyl (C=O) groups is 1. The van der Waals surface area contributed by atoms with Gasteiger partial charge >= 0.3 is 12.1 Å². The summed E-state index contributed by atoms with van der Waals surface area (Å²) in [4.78, 5) is 11.0. The van der Waals surface area contributed by atoms with Gasteiger partial charge in [0.2, 0.25) is 0 Å². The maximum atomic E-state index is 12.6. The van der Waals surface area contributed by atoms with E-state index in [0.717, 1.165) is 12.1 Å². The lowest BCUT2D eigenvalue weighted by Gasteiger charge is -2.11. The number of carbonyl (C=O) groups excluding carboxylic acids is 1. The van der Waals surface area contributed by atoms with Gasteiger partial charge in [-0.15, -0.1) is 12.4 Å². The van der Waals surface area contributed by atoms with Crippen molar-refractivity contribution < 1.29 is 27.4 Å². The highest BCUT2D eigenvalue weighted by molar-refractivity contribution is 5.85. The van der Waals surface area contributed by atoms with Crippen molar-refractivity contribution in [3.8, 4) is 5.75 Å². The number of hydrogen-bond donors (Lipinski definition) is 1. The van der Waals surface area contributed by atoms with Gasteiger partial charge in [-0.05, 0) is 25.5 Å². The molecule has 0 amide bonds. The number of anilines is 1. The summed E-state index contributed by atoms with van der Waals surface area (Å²) in [6.07, 6.45) is -3.96. The zero-order chi connectivity index (χ0) is 15.2. The van der Waals surface area contributed by atoms with E-state index >= 15 is 0 Å². The molecule has 1 rings (SSSR count). The highest BCUT2D eigenvalue weighted by Crippen LogP contribution is 2.33. The first-order valence-electron chi connectivity index (χ1n) is 6.09. The molecule has 0 aromatic heterocycles. The molecule has 0 bridgehead atoms. The van der Waals surface area contributed by atoms with Gasteiger partial charge in [-0.25, -0.2) is 0 Å². The van der Waals surface area contributed by atoms with Gasteiger partial charge in [-0.3, -0.25) is 4.79 Å². The maximum absolute atomic E-state index is 12.6. The van der Waals surface area contributed by atoms with Crippen molar-refractivity contribution in [2.24, 2.45) is 0 Å². The minimum atomic E-state index is -4.47. The predicted octanol–water partition coefficient (Wildman–Crippen LogP) is 3.43. The molecular weight excluding hydrogens is 311 g/mol. The fourth-order valence-corrected chi connectivity index (χ4v) is 1.51. The molecule has 120 valence electrons. The number of halogens is 4. The molecule has 0 fully saturated rings. The Hall–Kier alpha value is -1.63. The third-order valence-corrected chi connectivity index (χ3v) is 2.36. The van der Waals surface area contributed by atoms with E-state index < -0.39 is 11.7 Å². The Kier molecular flexibility index (Phi) is 7.94. The Balaban J connectivity index is 0.00000400. The molecule has 1 aromatic rings. The van der Waals surface area contributed by atoms with Gasteiger partial charge in [0.1, 0.15) is 5.75 Å². The van der Waals surface area contributed by atoms with Crippen molar-refractivity contribution in [2.75, 3.05) is 18.9 Å². The summed E-state index contributed by atoms with van der Waals surface area (Å²) >= 11 is 0. The molecule has 0 aliphatic heterocycles. The number of esters is 1. The van der Waals surface area contributed by atoms with E-state index in [1.165, 1.54) is 6.07 Å². The number of hydrogen-bond acceptors (Lipinski definition) is 4. The van der Waals surface area contributed by atoms with E-state index in [1.54, 1.807) is 6.92 Å². The van der Waals surface area contributed by atoms with Gasteiger partial charge in [0, 0.05) is 18.2 Å². The molecule has 4 nitrogen and oxygen atoms in total. The lowest BCUT2D eigenvalue weighted by Crippen LogP contribution is -2.08. The smallest absolute Gasteiger partial charge is 0.416 e. The zero-order valence-electron chi connectivity index (χ0n) is 11.4. The van der Waals surface area contributed by atoms with Crippen LogP contribution in [0, 0.1) is 0 Å². The number of ether oxygens (including phenoxy) is 2. The van der Waals surface area contributed by atoms with Gasteiger partial charge in [0.15, 0.2) is 0 Å². The highest BCUT2D eigenvalue weighted by atomic mass is 35.5. The van der Waals surface area contributed by atoms with Crippen LogP contribution in [0.4, 0.5) is 18.9 Å². The second-order valence-electron chi connectivity index (χ2n) is 4.05. The molecular formula is C13H17ClF3NO3. The zero-order valence-corrected chi connectivity index (χ0v) is 12.2. The molecule has 8 heteroatoms. The average molecular weight is 328 g/mol. The molecule has 0 atom stereocenters. The first-order chi connectivity index (χ1) is 9.32. The normalized spacial score (nSPS) is 10.7. The van der Waals surface area contributed by atoms with E-state index in [4.69, 9.17) is 15.2 Å². The molecule has 0 aliphatic carbocycles. The fourth-order valence-electron chi connectivity index (χ4n) is 1.51. The van der Waals surface area contributed by atoms with Crippen LogP contribution in [0.15, 0.2) is 18.2 Å². The number of alkyl halides is 3. The summed E-state index contributed by atoms with van der Waals surface area (Å²) in [7, 11) is 0. The lowest BCUT2D eigenvalue weighted by atomic mass is 10.2. The summed E-state index contributed by atoms with van der Waals surface area (Å²) in [5, 5.41) is 0. The number of rotatable bonds is 6. The van der Waals surface area contributed by atoms with Crippen LogP contribution < -0.4 is 10.5 Å². The first-order valence-corrected chi connectivity index (χ1v) is 6.09. The molecule has 21 heavy (non-hydrogen) atoms. The summed E-state index contributed by atoms with van der Waals surface area (Å²) < 4.78 is 47.5. The molecule has 0 unspecified atom stereocenters. The first kappa shape index (κ1) is 19.4. The Bertz CT molecular complexity index is 466. The largest absolute Gasteiger partial charge is 0.493 e. The summed E-state index contributed by atoms with van der Waals surface area (Å²) in [5.74, 6) is -0.333. The van der Waals surface area contributed by atoms with E-state index in [2.05, 4.69) is 0 Å². The minimum Gasteiger partial charge on any atom is -0.493 e. The second kappa shape index (κ2) is 8.61. The van der Waals surface area contributed by atoms with Crippen LogP contribution in [0.25, 0.3) is 0 Å². The minimum absolute atomic E-state index is 0. The molecule has 0 radical (unpaired) electrons. The van der Waals surface area contributed by atoms with Crippen LogP contribution in [0.3, 0.4) is 0 Å². The van der Waals surface area contributed by atoms with Crippen LogP contribution in [-0.2, 0) is 15.7 Å². The molecule has 0 saturated heterocycles. The van der Waals surface area contributed by atoms with Gasteiger partial charge in [0.25, 0.3) is 0 Å². The molecule has 2 N–H and O–H groups in total. The summed E-state index contributed by atoms with van der Waals surface area (Å²) in [5.41, 5.74) is 4.50. The molecule has 1 aromatic carbocycles. The van der Waals surface area contributed by atoms with E-state index in [-0.39, 0.29) is 42.8 Å². The van der Waals surface area contributed by atoms with E-state index in [9.17, 15) is 18.0 Å². The lowest BCUT2D eigenvalue weighted by molar-refractivity contribution is -0.143. The second-order valence-corrected chi connectivity index (χ2v) is 4.05. The van der Waals surface area contributed by atoms with Crippen LogP contribution in [0.5, 0.6) is 5.75 Å². The fraction of sp³-hybridized carbons (Fsp3) is 0.462. The Labute approximate surface area is 126 Å². The summed E-state index contributed by atoms with van der Waals surface area (Å²) in [6, 6.07) is 3.02. The van der Waals surface area contributed by atoms with Crippen molar-refractivity contribution in [3.05, 3.63) is 23.8 Å². The molecule has 0 aliphatic rings. The quantitative estimate of drug-likeness (QED) is 0.494. The van der Waals surface area contributed by atoms with Crippen molar-refractivity contribution >= 4 is 24.1 Å². The van der Waals surface area contributed by atoms with Crippen molar-refractivity contribution in [1.82, 2.24) is 0 Å². The third-order valence-electron chi connectivity index (χ3n) is 2.36. The van der Waals surface area contributed by atoms with Gasteiger partial charge in [0.05, 0.1) is 18.8 Å². The van der Waals surface area contributed by atoms with Crippen molar-refractivity contribution in [3.63, 3.8) is 0 Å². The standard InChI is InChI=1S/C13H16F3NO3.ClH/c1-2-19-12(18)4-3-5-20-11-7-9(13(14,15)16)6-10(17)8-11;/h6-8H,2-5,17H2,1H3;1H. The Morgan fingerprint density at radius 1 is 1.29 bits per heavy atom. The SMILES string of the molecule is CCOC(=O)CCCOc1cc(N)cc(C(F)(F)F)c1.Cl. The van der Waals surface area contributed by atoms with Crippen molar-refractivity contribution in [1.29, 1.82) is 0 Å². The maximum Gasteiger partial charge on any atom is 0.416 e. The number of nitrogens with two attached hydrogens (primary N) is 1. The van der Waals surface area contributed by atoms with Crippen molar-refractivity contribution in [2.45, 2.75) is 25.9 Å². The monoisotopic (exact) mass is 327 g/mol. The number of benzene rings is 1. The Morgan fingerprint density at radius 3 is 2.52 bits per heavy atom. The van der Waals surface area contributed by atoms with Crippen LogP contribution in [0.2, 0.25) is 0 Å². The topological polar surface area (TPSA) is 61.5 Å². The molecule has 0 heterocycles. The van der Waals surface area contributed by atoms with E-state index in [1.807, 2.05) is 0 Å². The van der Waals surface area contributed by atoms with Crippen LogP contribution in [0.1, 0.15) is 25.3 Å². The Morgan fingerprint density at radius 2 is 1.95 bits per heavy atom. The average Bonchev–Trinajstić information content (AvgIpc) is 2.33.